The van der Waals surface area contributed by atoms with Crippen LogP contribution in [0.25, 0.3) is 0 Å². The summed E-state index contributed by atoms with van der Waals surface area (Å²) < 4.78 is 19.6. The minimum atomic E-state index is -0.176. The Kier molecular flexibility index (Phi) is 7.94. The van der Waals surface area contributed by atoms with Crippen LogP contribution >= 0.6 is 0 Å². The highest BCUT2D eigenvalue weighted by Gasteiger charge is 2.31. The predicted molar refractivity (Wildman–Crippen MR) is 124 cm³/mol. The van der Waals surface area contributed by atoms with E-state index in [1.54, 1.807) is 11.0 Å². The van der Waals surface area contributed by atoms with Crippen molar-refractivity contribution in [3.05, 3.63) is 66.0 Å². The zero-order valence-electron chi connectivity index (χ0n) is 19.0. The van der Waals surface area contributed by atoms with E-state index in [1.165, 1.54) is 6.07 Å². The van der Waals surface area contributed by atoms with Crippen molar-refractivity contribution in [2.75, 3.05) is 45.9 Å². The van der Waals surface area contributed by atoms with E-state index in [2.05, 4.69) is 4.90 Å². The first-order valence-electron chi connectivity index (χ1n) is 11.8. The van der Waals surface area contributed by atoms with Gasteiger partial charge in [-0.15, -0.1) is 0 Å². The van der Waals surface area contributed by atoms with Crippen molar-refractivity contribution >= 4 is 11.8 Å². The van der Waals surface area contributed by atoms with Crippen LogP contribution in [0.3, 0.4) is 0 Å². The molecule has 7 heteroatoms. The van der Waals surface area contributed by atoms with E-state index in [4.69, 9.17) is 4.74 Å². The van der Waals surface area contributed by atoms with E-state index in [0.717, 1.165) is 26.1 Å². The highest BCUT2D eigenvalue weighted by Crippen LogP contribution is 2.21. The molecule has 0 aliphatic carbocycles. The van der Waals surface area contributed by atoms with Crippen molar-refractivity contribution in [1.29, 1.82) is 0 Å². The summed E-state index contributed by atoms with van der Waals surface area (Å²) >= 11 is 0. The molecule has 0 bridgehead atoms. The van der Waals surface area contributed by atoms with Gasteiger partial charge in [0.15, 0.2) is 6.61 Å². The second kappa shape index (κ2) is 11.3. The van der Waals surface area contributed by atoms with Gasteiger partial charge in [-0.2, -0.15) is 0 Å². The molecule has 33 heavy (non-hydrogen) atoms. The minimum Gasteiger partial charge on any atom is -0.484 e. The van der Waals surface area contributed by atoms with Crippen LogP contribution in [0.15, 0.2) is 54.6 Å². The summed E-state index contributed by atoms with van der Waals surface area (Å²) in [5.74, 6) is 0.618. The minimum absolute atomic E-state index is 0.0204. The van der Waals surface area contributed by atoms with Crippen LogP contribution in [0.1, 0.15) is 24.8 Å². The fourth-order valence-corrected chi connectivity index (χ4v) is 4.60. The molecule has 2 aromatic carbocycles. The second-order valence-electron chi connectivity index (χ2n) is 8.80. The molecule has 0 aromatic heterocycles. The molecule has 0 spiro atoms. The van der Waals surface area contributed by atoms with Crippen LogP contribution in [0.4, 0.5) is 4.39 Å². The van der Waals surface area contributed by atoms with Gasteiger partial charge in [-0.25, -0.2) is 4.39 Å². The van der Waals surface area contributed by atoms with Crippen molar-refractivity contribution in [3.8, 4) is 5.75 Å². The number of amides is 2. The van der Waals surface area contributed by atoms with Crippen LogP contribution in [0.5, 0.6) is 5.75 Å². The molecule has 0 N–H and O–H groups in total. The molecule has 6 nitrogen and oxygen atoms in total. The smallest absolute Gasteiger partial charge is 0.260 e. The Balaban J connectivity index is 1.21. The van der Waals surface area contributed by atoms with Crippen molar-refractivity contribution < 1.29 is 18.7 Å². The van der Waals surface area contributed by atoms with Crippen LogP contribution in [-0.4, -0.2) is 72.4 Å². The van der Waals surface area contributed by atoms with Gasteiger partial charge in [0.1, 0.15) is 11.6 Å². The van der Waals surface area contributed by atoms with E-state index in [0.29, 0.717) is 50.3 Å². The fraction of sp³-hybridized carbons (Fsp3) is 0.462. The Hall–Kier alpha value is -2.93. The van der Waals surface area contributed by atoms with Gasteiger partial charge < -0.3 is 14.5 Å². The van der Waals surface area contributed by atoms with Crippen molar-refractivity contribution in [3.63, 3.8) is 0 Å². The van der Waals surface area contributed by atoms with Gasteiger partial charge in [0.05, 0.1) is 0 Å². The average molecular weight is 454 g/mol. The van der Waals surface area contributed by atoms with E-state index < -0.39 is 0 Å². The van der Waals surface area contributed by atoms with Crippen LogP contribution in [-0.2, 0) is 16.1 Å². The first-order chi connectivity index (χ1) is 16.1. The summed E-state index contributed by atoms with van der Waals surface area (Å²) in [5, 5.41) is 0. The Morgan fingerprint density at radius 1 is 0.848 bits per heavy atom. The lowest BCUT2D eigenvalue weighted by molar-refractivity contribution is -0.141. The van der Waals surface area contributed by atoms with Gasteiger partial charge in [0.2, 0.25) is 5.91 Å². The number of para-hydroxylation sites is 1. The number of hydrogen-bond donors (Lipinski definition) is 0. The largest absolute Gasteiger partial charge is 0.484 e. The van der Waals surface area contributed by atoms with Crippen LogP contribution < -0.4 is 4.74 Å². The Labute approximate surface area is 194 Å². The Morgan fingerprint density at radius 3 is 2.33 bits per heavy atom. The van der Waals surface area contributed by atoms with Gasteiger partial charge >= 0.3 is 0 Å². The molecular weight excluding hydrogens is 421 g/mol. The molecule has 2 aliphatic rings. The van der Waals surface area contributed by atoms with Gasteiger partial charge in [-0.3, -0.25) is 14.5 Å². The number of hydrogen-bond acceptors (Lipinski definition) is 4. The molecule has 2 heterocycles. The molecule has 2 aromatic rings. The molecule has 176 valence electrons. The molecule has 2 aliphatic heterocycles. The van der Waals surface area contributed by atoms with Crippen LogP contribution in [0.2, 0.25) is 0 Å². The fourth-order valence-electron chi connectivity index (χ4n) is 4.60. The summed E-state index contributed by atoms with van der Waals surface area (Å²) in [7, 11) is 0. The maximum atomic E-state index is 14.0. The summed E-state index contributed by atoms with van der Waals surface area (Å²) in [4.78, 5) is 31.6. The first-order valence-corrected chi connectivity index (χ1v) is 11.8. The number of ether oxygens (including phenoxy) is 1. The monoisotopic (exact) mass is 453 g/mol. The number of nitrogens with zero attached hydrogens (tertiary/aromatic N) is 3. The standard InChI is InChI=1S/C26H32FN3O3/c27-24-10-5-4-7-22(24)19-28-13-6-14-30(18-17-28)26(32)21-11-15-29(16-12-21)25(31)20-33-23-8-2-1-3-9-23/h1-5,7-10,21H,6,11-20H2. The lowest BCUT2D eigenvalue weighted by atomic mass is 9.95. The number of halogens is 1. The zero-order valence-corrected chi connectivity index (χ0v) is 19.0. The first kappa shape index (κ1) is 23.2. The predicted octanol–water partition coefficient (Wildman–Crippen LogP) is 3.18. The normalized spacial score (nSPS) is 18.1. The average Bonchev–Trinajstić information content (AvgIpc) is 3.10. The summed E-state index contributed by atoms with van der Waals surface area (Å²) in [6, 6.07) is 16.2. The van der Waals surface area contributed by atoms with E-state index in [1.807, 2.05) is 47.4 Å². The zero-order chi connectivity index (χ0) is 23.0. The van der Waals surface area contributed by atoms with Crippen molar-refractivity contribution in [1.82, 2.24) is 14.7 Å². The summed E-state index contributed by atoms with van der Waals surface area (Å²) in [6.45, 7) is 4.75. The molecule has 2 fully saturated rings. The third-order valence-electron chi connectivity index (χ3n) is 6.55. The van der Waals surface area contributed by atoms with Gasteiger partial charge in [-0.1, -0.05) is 36.4 Å². The molecule has 0 saturated carbocycles. The third kappa shape index (κ3) is 6.32. The molecule has 2 amide bonds. The highest BCUT2D eigenvalue weighted by molar-refractivity contribution is 5.80. The lowest BCUT2D eigenvalue weighted by Gasteiger charge is -2.34. The second-order valence-corrected chi connectivity index (χ2v) is 8.80. The highest BCUT2D eigenvalue weighted by atomic mass is 19.1. The summed E-state index contributed by atoms with van der Waals surface area (Å²) in [5.41, 5.74) is 0.700. The maximum absolute atomic E-state index is 14.0. The molecule has 0 unspecified atom stereocenters. The van der Waals surface area contributed by atoms with Crippen molar-refractivity contribution in [2.45, 2.75) is 25.8 Å². The van der Waals surface area contributed by atoms with Crippen molar-refractivity contribution in [2.24, 2.45) is 5.92 Å². The van der Waals surface area contributed by atoms with Gasteiger partial charge in [0.25, 0.3) is 5.91 Å². The summed E-state index contributed by atoms with van der Waals surface area (Å²) in [6.07, 6.45) is 2.26. The molecule has 0 radical (unpaired) electrons. The lowest BCUT2D eigenvalue weighted by Crippen LogP contribution is -2.46. The number of carbonyl (C=O) groups is 2. The molecule has 0 atom stereocenters. The van der Waals surface area contributed by atoms with E-state index in [9.17, 15) is 14.0 Å². The number of piperidine rings is 1. The number of carbonyl (C=O) groups excluding carboxylic acids is 2. The van der Waals surface area contributed by atoms with Crippen LogP contribution in [0, 0.1) is 11.7 Å². The quantitative estimate of drug-likeness (QED) is 0.674. The Morgan fingerprint density at radius 2 is 1.58 bits per heavy atom. The molecule has 2 saturated heterocycles. The topological polar surface area (TPSA) is 53.1 Å². The van der Waals surface area contributed by atoms with E-state index >= 15 is 0 Å². The molecular formula is C26H32FN3O3. The SMILES string of the molecule is O=C(COc1ccccc1)N1CCC(C(=O)N2CCCN(Cc3ccccc3F)CC2)CC1. The maximum Gasteiger partial charge on any atom is 0.260 e. The van der Waals surface area contributed by atoms with E-state index in [-0.39, 0.29) is 30.2 Å². The molecule has 4 rings (SSSR count). The number of rotatable bonds is 6. The van der Waals surface area contributed by atoms with Gasteiger partial charge in [-0.05, 0) is 37.5 Å². The Bertz CT molecular complexity index is 931. The van der Waals surface area contributed by atoms with Gasteiger partial charge in [0, 0.05) is 57.3 Å². The number of benzene rings is 2. The third-order valence-corrected chi connectivity index (χ3v) is 6.55. The number of likely N-dealkylation sites (tertiary alicyclic amines) is 1.